The van der Waals surface area contributed by atoms with Gasteiger partial charge in [0.05, 0.1) is 35.8 Å². The number of carbonyl (C=O) groups excluding carboxylic acids is 2. The molecule has 3 heterocycles. The third kappa shape index (κ3) is 5.09. The molecule has 0 bridgehead atoms. The maximum atomic E-state index is 12.9. The molecule has 1 aromatic heterocycles. The monoisotopic (exact) mass is 493 g/mol. The van der Waals surface area contributed by atoms with Crippen molar-refractivity contribution in [1.82, 2.24) is 15.2 Å². The van der Waals surface area contributed by atoms with Gasteiger partial charge in [-0.05, 0) is 29.0 Å². The number of nitrogens with one attached hydrogen (secondary N) is 1. The van der Waals surface area contributed by atoms with Gasteiger partial charge in [0.25, 0.3) is 5.69 Å². The summed E-state index contributed by atoms with van der Waals surface area (Å²) >= 11 is 1.34. The number of thioether (sulfide) groups is 1. The molecule has 1 amide bonds. The number of amides is 1. The van der Waals surface area contributed by atoms with Crippen LogP contribution < -0.4 is 5.32 Å². The van der Waals surface area contributed by atoms with E-state index in [0.29, 0.717) is 40.7 Å². The van der Waals surface area contributed by atoms with E-state index in [2.05, 4.69) is 15.3 Å². The molecule has 0 saturated carbocycles. The number of carbonyl (C=O) groups is 2. The Labute approximate surface area is 205 Å². The van der Waals surface area contributed by atoms with Crippen molar-refractivity contribution < 1.29 is 19.2 Å². The number of fused-ring (bicyclic) bond motifs is 1. The SMILES string of the molecule is CCC1=C(C(=O)OC)C(c2cccc([N+](=O)[O-])c2)N2C(CC(=O)NCc3cccnc3)=CSC2=N1. The number of nitro groups is 1. The number of esters is 1. The zero-order valence-electron chi connectivity index (χ0n) is 19.1. The number of amidine groups is 1. The smallest absolute Gasteiger partial charge is 0.338 e. The molecule has 2 aliphatic rings. The first-order valence-corrected chi connectivity index (χ1v) is 11.8. The molecule has 0 saturated heterocycles. The molecule has 1 atom stereocenters. The number of hydrogen-bond donors (Lipinski definition) is 1. The largest absolute Gasteiger partial charge is 0.466 e. The van der Waals surface area contributed by atoms with Crippen LogP contribution in [0.4, 0.5) is 5.69 Å². The molecule has 2 aliphatic heterocycles. The van der Waals surface area contributed by atoms with E-state index >= 15 is 0 Å². The highest BCUT2D eigenvalue weighted by Crippen LogP contribution is 2.45. The second-order valence-electron chi connectivity index (χ2n) is 7.77. The van der Waals surface area contributed by atoms with Crippen LogP contribution in [0.3, 0.4) is 0 Å². The Hall–Kier alpha value is -3.99. The highest BCUT2D eigenvalue weighted by atomic mass is 32.2. The number of pyridine rings is 1. The van der Waals surface area contributed by atoms with E-state index < -0.39 is 16.9 Å². The highest BCUT2D eigenvalue weighted by Gasteiger charge is 2.41. The van der Waals surface area contributed by atoms with Crippen LogP contribution in [0.5, 0.6) is 0 Å². The molecule has 35 heavy (non-hydrogen) atoms. The van der Waals surface area contributed by atoms with Crippen LogP contribution >= 0.6 is 11.8 Å². The average Bonchev–Trinajstić information content (AvgIpc) is 3.28. The minimum Gasteiger partial charge on any atom is -0.466 e. The van der Waals surface area contributed by atoms with Crippen molar-refractivity contribution in [2.75, 3.05) is 7.11 Å². The Kier molecular flexibility index (Phi) is 7.25. The molecule has 11 heteroatoms. The molecule has 0 spiro atoms. The minimum absolute atomic E-state index is 0.0353. The third-order valence-electron chi connectivity index (χ3n) is 5.58. The van der Waals surface area contributed by atoms with Gasteiger partial charge in [-0.3, -0.25) is 19.9 Å². The lowest BCUT2D eigenvalue weighted by Crippen LogP contribution is -2.38. The normalized spacial score (nSPS) is 16.9. The first-order chi connectivity index (χ1) is 16.9. The van der Waals surface area contributed by atoms with Crippen molar-refractivity contribution in [3.05, 3.63) is 92.4 Å². The standard InChI is InChI=1S/C24H23N5O5S/c1-3-19-21(23(31)34-2)22(16-7-4-8-17(10-16)29(32)33)28-18(14-35-24(28)27-19)11-20(30)26-13-15-6-5-9-25-12-15/h4-10,12,14,22H,3,11,13H2,1-2H3,(H,26,30). The molecule has 4 rings (SSSR count). The van der Waals surface area contributed by atoms with E-state index in [1.165, 1.54) is 31.0 Å². The molecule has 1 unspecified atom stereocenters. The number of methoxy groups -OCH3 is 1. The zero-order valence-corrected chi connectivity index (χ0v) is 19.9. The molecule has 10 nitrogen and oxygen atoms in total. The summed E-state index contributed by atoms with van der Waals surface area (Å²) in [5.74, 6) is -0.789. The summed E-state index contributed by atoms with van der Waals surface area (Å²) in [6.07, 6.45) is 3.84. The van der Waals surface area contributed by atoms with Gasteiger partial charge in [-0.25, -0.2) is 9.79 Å². The third-order valence-corrected chi connectivity index (χ3v) is 6.47. The second kappa shape index (κ2) is 10.5. The minimum atomic E-state index is -0.725. The quantitative estimate of drug-likeness (QED) is 0.334. The van der Waals surface area contributed by atoms with E-state index in [1.54, 1.807) is 35.5 Å². The Bertz CT molecular complexity index is 1260. The predicted octanol–water partition coefficient (Wildman–Crippen LogP) is 3.83. The van der Waals surface area contributed by atoms with Crippen LogP contribution in [0.25, 0.3) is 0 Å². The van der Waals surface area contributed by atoms with Crippen molar-refractivity contribution in [2.24, 2.45) is 4.99 Å². The second-order valence-corrected chi connectivity index (χ2v) is 8.60. The topological polar surface area (TPSA) is 127 Å². The van der Waals surface area contributed by atoms with Gasteiger partial charge in [0.15, 0.2) is 5.17 Å². The molecule has 2 aromatic rings. The molecular weight excluding hydrogens is 470 g/mol. The van der Waals surface area contributed by atoms with Crippen LogP contribution in [0.15, 0.2) is 76.2 Å². The summed E-state index contributed by atoms with van der Waals surface area (Å²) in [4.78, 5) is 47.1. The van der Waals surface area contributed by atoms with Crippen molar-refractivity contribution in [1.29, 1.82) is 0 Å². The highest BCUT2D eigenvalue weighted by molar-refractivity contribution is 8.16. The Balaban J connectivity index is 1.67. The first-order valence-electron chi connectivity index (χ1n) is 10.9. The van der Waals surface area contributed by atoms with E-state index in [-0.39, 0.29) is 18.0 Å². The fourth-order valence-electron chi connectivity index (χ4n) is 3.97. The molecule has 1 N–H and O–H groups in total. The van der Waals surface area contributed by atoms with Gasteiger partial charge >= 0.3 is 5.97 Å². The number of nitro benzene ring substituents is 1. The van der Waals surface area contributed by atoms with Crippen LogP contribution in [0.1, 0.15) is 36.9 Å². The summed E-state index contributed by atoms with van der Waals surface area (Å²) in [5.41, 5.74) is 2.77. The summed E-state index contributed by atoms with van der Waals surface area (Å²) in [6.45, 7) is 2.21. The summed E-state index contributed by atoms with van der Waals surface area (Å²) in [5, 5.41) is 16.7. The molecule has 0 aliphatic carbocycles. The Morgan fingerprint density at radius 3 is 2.80 bits per heavy atom. The average molecular weight is 494 g/mol. The first kappa shape index (κ1) is 24.1. The number of ether oxygens (including phenoxy) is 1. The molecular formula is C24H23N5O5S. The van der Waals surface area contributed by atoms with Crippen LogP contribution in [-0.2, 0) is 20.9 Å². The summed E-state index contributed by atoms with van der Waals surface area (Å²) in [6, 6.07) is 9.07. The fourth-order valence-corrected chi connectivity index (χ4v) is 4.90. The lowest BCUT2D eigenvalue weighted by molar-refractivity contribution is -0.384. The van der Waals surface area contributed by atoms with Crippen molar-refractivity contribution in [2.45, 2.75) is 32.4 Å². The van der Waals surface area contributed by atoms with Crippen LogP contribution in [0, 0.1) is 10.1 Å². The number of hydrogen-bond acceptors (Lipinski definition) is 9. The Morgan fingerprint density at radius 1 is 1.29 bits per heavy atom. The van der Waals surface area contributed by atoms with E-state index in [0.717, 1.165) is 5.56 Å². The van der Waals surface area contributed by atoms with Gasteiger partial charge in [0.1, 0.15) is 0 Å². The number of aromatic nitrogens is 1. The Morgan fingerprint density at radius 2 is 2.11 bits per heavy atom. The maximum Gasteiger partial charge on any atom is 0.338 e. The van der Waals surface area contributed by atoms with Crippen molar-refractivity contribution >= 4 is 34.5 Å². The molecule has 0 fully saturated rings. The number of non-ortho nitro benzene ring substituents is 1. The van der Waals surface area contributed by atoms with Crippen molar-refractivity contribution in [3.8, 4) is 0 Å². The van der Waals surface area contributed by atoms with Crippen LogP contribution in [-0.4, -0.2) is 39.0 Å². The van der Waals surface area contributed by atoms with Crippen molar-refractivity contribution in [3.63, 3.8) is 0 Å². The number of benzene rings is 1. The molecule has 180 valence electrons. The fraction of sp³-hybridized carbons (Fsp3) is 0.250. The van der Waals surface area contributed by atoms with Gasteiger partial charge < -0.3 is 15.0 Å². The number of allylic oxidation sites excluding steroid dienone is 1. The van der Waals surface area contributed by atoms with Gasteiger partial charge in [-0.2, -0.15) is 0 Å². The number of nitrogens with zero attached hydrogens (tertiary/aromatic N) is 4. The maximum absolute atomic E-state index is 12.9. The van der Waals surface area contributed by atoms with Gasteiger partial charge in [0.2, 0.25) is 5.91 Å². The van der Waals surface area contributed by atoms with Crippen LogP contribution in [0.2, 0.25) is 0 Å². The lowest BCUT2D eigenvalue weighted by atomic mass is 9.92. The van der Waals surface area contributed by atoms with E-state index in [4.69, 9.17) is 4.74 Å². The lowest BCUT2D eigenvalue weighted by Gasteiger charge is -2.36. The van der Waals surface area contributed by atoms with Gasteiger partial charge in [-0.15, -0.1) is 0 Å². The van der Waals surface area contributed by atoms with E-state index in [9.17, 15) is 19.7 Å². The predicted molar refractivity (Wildman–Crippen MR) is 131 cm³/mol. The summed E-state index contributed by atoms with van der Waals surface area (Å²) < 4.78 is 5.07. The zero-order chi connectivity index (χ0) is 24.9. The van der Waals surface area contributed by atoms with Gasteiger partial charge in [0, 0.05) is 36.8 Å². The molecule has 1 aromatic carbocycles. The number of rotatable bonds is 8. The van der Waals surface area contributed by atoms with E-state index in [1.807, 2.05) is 18.4 Å². The summed E-state index contributed by atoms with van der Waals surface area (Å²) in [7, 11) is 1.29. The number of aliphatic imine (C=N–C) groups is 1. The van der Waals surface area contributed by atoms with Gasteiger partial charge in [-0.1, -0.05) is 36.9 Å². The molecule has 0 radical (unpaired) electrons.